The van der Waals surface area contributed by atoms with Crippen LogP contribution in [0.1, 0.15) is 53.3 Å². The van der Waals surface area contributed by atoms with Crippen molar-refractivity contribution >= 4 is 29.2 Å². The van der Waals surface area contributed by atoms with Gasteiger partial charge in [0.05, 0.1) is 36.2 Å². The van der Waals surface area contributed by atoms with Crippen molar-refractivity contribution in [2.75, 3.05) is 30.1 Å². The quantitative estimate of drug-likeness (QED) is 0.714. The average Bonchev–Trinajstić information content (AvgIpc) is 3.02. The molecule has 8 heteroatoms. The zero-order valence-corrected chi connectivity index (χ0v) is 18.2. The van der Waals surface area contributed by atoms with Gasteiger partial charge in [0, 0.05) is 13.0 Å². The molecule has 168 valence electrons. The van der Waals surface area contributed by atoms with Gasteiger partial charge in [-0.25, -0.2) is 4.79 Å². The summed E-state index contributed by atoms with van der Waals surface area (Å²) in [5.41, 5.74) is -1.01. The Morgan fingerprint density at radius 3 is 2.62 bits per heavy atom. The highest BCUT2D eigenvalue weighted by Crippen LogP contribution is 2.44. The van der Waals surface area contributed by atoms with E-state index < -0.39 is 23.5 Å². The first-order valence-electron chi connectivity index (χ1n) is 10.8. The van der Waals surface area contributed by atoms with E-state index in [0.29, 0.717) is 23.7 Å². The lowest BCUT2D eigenvalue weighted by Crippen LogP contribution is -2.56. The van der Waals surface area contributed by atoms with Crippen LogP contribution >= 0.6 is 0 Å². The number of methoxy groups -OCH3 is 1. The predicted molar refractivity (Wildman–Crippen MR) is 118 cm³/mol. The van der Waals surface area contributed by atoms with Gasteiger partial charge >= 0.3 is 6.09 Å². The molecule has 0 saturated carbocycles. The lowest BCUT2D eigenvalue weighted by atomic mass is 9.99. The first-order chi connectivity index (χ1) is 15.4. The number of hydrogen-bond donors (Lipinski definition) is 1. The number of aliphatic hydroxyl groups is 1. The molecule has 2 aromatic carbocycles. The molecule has 0 fully saturated rings. The van der Waals surface area contributed by atoms with Crippen LogP contribution in [0.25, 0.3) is 0 Å². The maximum absolute atomic E-state index is 13.6. The molecule has 4 rings (SSSR count). The van der Waals surface area contributed by atoms with Gasteiger partial charge in [-0.2, -0.15) is 0 Å². The van der Waals surface area contributed by atoms with E-state index in [0.717, 1.165) is 24.2 Å². The van der Waals surface area contributed by atoms with E-state index in [1.165, 1.54) is 12.0 Å². The van der Waals surface area contributed by atoms with Crippen molar-refractivity contribution in [2.24, 2.45) is 0 Å². The Bertz CT molecular complexity index is 1070. The smallest absolute Gasteiger partial charge is 0.414 e. The Hall–Kier alpha value is -3.39. The Balaban J connectivity index is 1.75. The summed E-state index contributed by atoms with van der Waals surface area (Å²) in [5.74, 6) is -0.652. The van der Waals surface area contributed by atoms with Crippen LogP contribution < -0.4 is 14.5 Å². The van der Waals surface area contributed by atoms with Gasteiger partial charge in [-0.05, 0) is 36.8 Å². The van der Waals surface area contributed by atoms with Crippen molar-refractivity contribution in [2.45, 2.75) is 38.3 Å². The van der Waals surface area contributed by atoms with E-state index in [1.54, 1.807) is 42.5 Å². The molecule has 0 bridgehead atoms. The maximum atomic E-state index is 13.6. The molecular formula is C24H26N2O6. The number of fused-ring (bicyclic) bond motifs is 4. The summed E-state index contributed by atoms with van der Waals surface area (Å²) in [5, 5.41) is 11.4. The van der Waals surface area contributed by atoms with Crippen LogP contribution in [-0.4, -0.2) is 48.9 Å². The molecule has 0 spiro atoms. The largest absolute Gasteiger partial charge is 0.494 e. The van der Waals surface area contributed by atoms with E-state index in [4.69, 9.17) is 9.47 Å². The molecule has 2 aliphatic heterocycles. The fourth-order valence-corrected chi connectivity index (χ4v) is 4.24. The summed E-state index contributed by atoms with van der Waals surface area (Å²) in [7, 11) is 1.24. The molecule has 0 saturated heterocycles. The Labute approximate surface area is 186 Å². The number of para-hydroxylation sites is 1. The molecule has 0 radical (unpaired) electrons. The molecule has 8 nitrogen and oxygen atoms in total. The minimum atomic E-state index is -2.11. The number of ether oxygens (including phenoxy) is 2. The standard InChI is InChI=1S/C24H26N2O6/c1-3-4-7-14-32-16-10-11-20-18(15-16)21(27)24(30)12-13-25(23(29)31-2)19-9-6-5-8-17(19)22(28)26(20)24/h5-6,8-11,15,30H,3-4,7,12-14H2,1-2H3/t24-/m1/s1. The zero-order chi connectivity index (χ0) is 22.9. The Morgan fingerprint density at radius 2 is 1.88 bits per heavy atom. The Morgan fingerprint density at radius 1 is 1.09 bits per heavy atom. The second kappa shape index (κ2) is 8.63. The SMILES string of the molecule is CCCCCOc1ccc2c(c1)C(=O)[C@]1(O)CCN(C(=O)OC)c3ccccc3C(=O)N21. The van der Waals surface area contributed by atoms with Crippen molar-refractivity contribution in [3.63, 3.8) is 0 Å². The fourth-order valence-electron chi connectivity index (χ4n) is 4.24. The number of hydrogen-bond acceptors (Lipinski definition) is 6. The normalized spacial score (nSPS) is 19.6. The summed E-state index contributed by atoms with van der Waals surface area (Å²) in [6.45, 7) is 2.62. The third-order valence-electron chi connectivity index (χ3n) is 5.91. The van der Waals surface area contributed by atoms with Gasteiger partial charge in [-0.1, -0.05) is 31.9 Å². The molecule has 0 aliphatic carbocycles. The van der Waals surface area contributed by atoms with Crippen molar-refractivity contribution < 1.29 is 29.0 Å². The topological polar surface area (TPSA) is 96.4 Å². The van der Waals surface area contributed by atoms with Crippen LogP contribution in [0, 0.1) is 0 Å². The van der Waals surface area contributed by atoms with E-state index >= 15 is 0 Å². The average molecular weight is 438 g/mol. The number of benzene rings is 2. The van der Waals surface area contributed by atoms with Gasteiger partial charge in [0.2, 0.25) is 11.5 Å². The summed E-state index contributed by atoms with van der Waals surface area (Å²) in [6, 6.07) is 11.5. The highest BCUT2D eigenvalue weighted by molar-refractivity contribution is 6.24. The van der Waals surface area contributed by atoms with Crippen LogP contribution in [0.15, 0.2) is 42.5 Å². The van der Waals surface area contributed by atoms with Crippen LogP contribution in [0.2, 0.25) is 0 Å². The van der Waals surface area contributed by atoms with Crippen LogP contribution in [0.5, 0.6) is 5.75 Å². The number of carbonyl (C=O) groups excluding carboxylic acids is 3. The van der Waals surface area contributed by atoms with Crippen molar-refractivity contribution in [1.82, 2.24) is 0 Å². The number of nitrogens with zero attached hydrogens (tertiary/aromatic N) is 2. The summed E-state index contributed by atoms with van der Waals surface area (Å²) in [6.07, 6.45) is 2.17. The van der Waals surface area contributed by atoms with E-state index in [1.807, 2.05) is 0 Å². The van der Waals surface area contributed by atoms with Gasteiger partial charge in [0.25, 0.3) is 5.91 Å². The first-order valence-corrected chi connectivity index (χ1v) is 10.8. The number of carbonyl (C=O) groups is 3. The monoisotopic (exact) mass is 438 g/mol. The van der Waals surface area contributed by atoms with Gasteiger partial charge in [-0.15, -0.1) is 0 Å². The first kappa shape index (κ1) is 21.8. The lowest BCUT2D eigenvalue weighted by Gasteiger charge is -2.37. The predicted octanol–water partition coefficient (Wildman–Crippen LogP) is 3.76. The molecule has 0 unspecified atom stereocenters. The minimum Gasteiger partial charge on any atom is -0.494 e. The minimum absolute atomic E-state index is 0.00985. The molecule has 2 heterocycles. The summed E-state index contributed by atoms with van der Waals surface area (Å²) < 4.78 is 10.6. The second-order valence-corrected chi connectivity index (χ2v) is 7.91. The van der Waals surface area contributed by atoms with Crippen molar-refractivity contribution in [3.05, 3.63) is 53.6 Å². The van der Waals surface area contributed by atoms with Gasteiger partial charge in [0.1, 0.15) is 5.75 Å². The number of rotatable bonds is 5. The number of anilines is 2. The van der Waals surface area contributed by atoms with Crippen LogP contribution in [-0.2, 0) is 4.74 Å². The highest BCUT2D eigenvalue weighted by atomic mass is 16.5. The number of unbranched alkanes of at least 4 members (excludes halogenated alkanes) is 2. The number of amides is 2. The Kier molecular flexibility index (Phi) is 5.88. The van der Waals surface area contributed by atoms with Crippen molar-refractivity contribution in [3.8, 4) is 5.75 Å². The second-order valence-electron chi connectivity index (χ2n) is 7.91. The maximum Gasteiger partial charge on any atom is 0.414 e. The number of Topliss-reactive ketones (excluding diaryl/α,β-unsaturated/α-hetero) is 1. The summed E-state index contributed by atoms with van der Waals surface area (Å²) in [4.78, 5) is 41.7. The van der Waals surface area contributed by atoms with Gasteiger partial charge in [0.15, 0.2) is 0 Å². The van der Waals surface area contributed by atoms with Crippen LogP contribution in [0.3, 0.4) is 0 Å². The number of ketones is 1. The van der Waals surface area contributed by atoms with E-state index in [2.05, 4.69) is 6.92 Å². The van der Waals surface area contributed by atoms with Crippen molar-refractivity contribution in [1.29, 1.82) is 0 Å². The molecule has 0 aromatic heterocycles. The molecule has 32 heavy (non-hydrogen) atoms. The highest BCUT2D eigenvalue weighted by Gasteiger charge is 2.54. The summed E-state index contributed by atoms with van der Waals surface area (Å²) >= 11 is 0. The lowest BCUT2D eigenvalue weighted by molar-refractivity contribution is 0.0291. The zero-order valence-electron chi connectivity index (χ0n) is 18.2. The molecule has 1 N–H and O–H groups in total. The van der Waals surface area contributed by atoms with Gasteiger partial charge < -0.3 is 14.6 Å². The van der Waals surface area contributed by atoms with Crippen LogP contribution in [0.4, 0.5) is 16.2 Å². The molecule has 1 atom stereocenters. The third kappa shape index (κ3) is 3.50. The van der Waals surface area contributed by atoms with E-state index in [9.17, 15) is 19.5 Å². The third-order valence-corrected chi connectivity index (χ3v) is 5.91. The fraction of sp³-hybridized carbons (Fsp3) is 0.375. The molecule has 2 aromatic rings. The van der Waals surface area contributed by atoms with Gasteiger partial charge in [-0.3, -0.25) is 19.4 Å². The molecule has 2 amide bonds. The van der Waals surface area contributed by atoms with E-state index in [-0.39, 0.29) is 24.1 Å². The molecule has 2 aliphatic rings. The molecular weight excluding hydrogens is 412 g/mol.